The van der Waals surface area contributed by atoms with E-state index in [1.54, 1.807) is 72.2 Å². The first-order chi connectivity index (χ1) is 29.2. The zero-order valence-corrected chi connectivity index (χ0v) is 34.8. The van der Waals surface area contributed by atoms with Crippen molar-refractivity contribution in [3.8, 4) is 17.2 Å². The largest absolute Gasteiger partial charge is 0.438 e. The SMILES string of the molecule is Cc1cc(-n2nc3c(c2-n2ccn(-c4ccc([S@@](C)(=N)=O)cc4)c2=O)[C@H](C)N(C(=O)c2cc4cc(N5CCOCC5)ccc4n2C2(c4noc(=O)[nH]4)CC2)CC3)cc(C)c1F. The number of aromatic nitrogens is 7. The minimum absolute atomic E-state index is 0.251. The average Bonchev–Trinajstić information content (AvgIpc) is 3.54. The van der Waals surface area contributed by atoms with Gasteiger partial charge >= 0.3 is 11.4 Å². The van der Waals surface area contributed by atoms with Crippen molar-refractivity contribution in [3.63, 3.8) is 0 Å². The molecule has 1 saturated heterocycles. The quantitative estimate of drug-likeness (QED) is 0.203. The first-order valence-corrected chi connectivity index (χ1v) is 22.1. The molecule has 0 bridgehead atoms. The number of hydrogen-bond acceptors (Lipinski definition) is 10. The summed E-state index contributed by atoms with van der Waals surface area (Å²) in [5, 5.41) is 10.0. The van der Waals surface area contributed by atoms with E-state index in [2.05, 4.69) is 21.1 Å². The minimum Gasteiger partial charge on any atom is -0.378 e. The van der Waals surface area contributed by atoms with Gasteiger partial charge < -0.3 is 19.1 Å². The topological polar surface area (TPSA) is 182 Å². The molecule has 2 aliphatic heterocycles. The maximum absolute atomic E-state index is 15.3. The van der Waals surface area contributed by atoms with Crippen LogP contribution < -0.4 is 16.3 Å². The number of H-pyrrole nitrogens is 1. The van der Waals surface area contributed by atoms with Crippen LogP contribution in [0.2, 0.25) is 0 Å². The van der Waals surface area contributed by atoms with Crippen LogP contribution in [0.25, 0.3) is 28.1 Å². The van der Waals surface area contributed by atoms with Crippen molar-refractivity contribution < 1.29 is 22.7 Å². The molecule has 314 valence electrons. The lowest BCUT2D eigenvalue weighted by Gasteiger charge is -2.34. The number of halogens is 1. The molecule has 16 nitrogen and oxygen atoms in total. The number of ether oxygens (including phenoxy) is 1. The molecule has 1 aliphatic carbocycles. The van der Waals surface area contributed by atoms with Gasteiger partial charge in [0.15, 0.2) is 5.82 Å². The van der Waals surface area contributed by atoms with Crippen LogP contribution in [-0.4, -0.2) is 87.7 Å². The van der Waals surface area contributed by atoms with Crippen molar-refractivity contribution in [3.05, 3.63) is 134 Å². The van der Waals surface area contributed by atoms with Crippen molar-refractivity contribution in [2.45, 2.75) is 56.5 Å². The highest BCUT2D eigenvalue weighted by atomic mass is 32.2. The van der Waals surface area contributed by atoms with Crippen LogP contribution >= 0.6 is 0 Å². The zero-order chi connectivity index (χ0) is 42.5. The predicted octanol–water partition coefficient (Wildman–Crippen LogP) is 5.37. The molecule has 3 aromatic carbocycles. The number of imidazole rings is 1. The minimum atomic E-state index is -2.96. The summed E-state index contributed by atoms with van der Waals surface area (Å²) < 4.78 is 52.5. The fourth-order valence-electron chi connectivity index (χ4n) is 9.09. The number of benzene rings is 3. The molecular formula is C43H43FN10O6S. The number of rotatable bonds is 8. The molecule has 2 atom stereocenters. The van der Waals surface area contributed by atoms with Crippen LogP contribution in [0.5, 0.6) is 0 Å². The van der Waals surface area contributed by atoms with Crippen LogP contribution in [0.3, 0.4) is 0 Å². The van der Waals surface area contributed by atoms with Gasteiger partial charge in [0.2, 0.25) is 0 Å². The molecule has 10 rings (SSSR count). The summed E-state index contributed by atoms with van der Waals surface area (Å²) in [5.74, 6) is -0.501. The second-order valence-electron chi connectivity index (χ2n) is 16.3. The van der Waals surface area contributed by atoms with E-state index in [9.17, 15) is 13.8 Å². The van der Waals surface area contributed by atoms with Gasteiger partial charge in [-0.3, -0.25) is 23.4 Å². The van der Waals surface area contributed by atoms with Gasteiger partial charge in [-0.2, -0.15) is 5.10 Å². The van der Waals surface area contributed by atoms with Gasteiger partial charge in [-0.15, -0.1) is 0 Å². The molecule has 3 aliphatic rings. The van der Waals surface area contributed by atoms with E-state index >= 15 is 9.18 Å². The molecule has 1 saturated carbocycles. The van der Waals surface area contributed by atoms with Gasteiger partial charge in [-0.25, -0.2) is 27.6 Å². The molecule has 7 aromatic rings. The smallest absolute Gasteiger partial charge is 0.378 e. The number of aromatic amines is 1. The second-order valence-corrected chi connectivity index (χ2v) is 18.4. The Labute approximate surface area is 348 Å². The standard InChI is InChI=1S/C43H43FN10O6S/c1-25-21-31(22-26(2)37(25)44)54-38(52-16-15-51(42(52)57)29-5-8-32(9-6-29)61(4,45)58)36-27(3)50(14-11-33(36)47-54)39(55)35-24-28-23-30(49-17-19-59-20-18-49)7-10-34(28)53(35)43(12-13-43)40-46-41(56)60-48-40/h5-10,15-16,21-24,27,45H,11-14,17-20H2,1-4H3,(H,46,48,56)/t27-,61-/m0/s1. The van der Waals surface area contributed by atoms with Crippen molar-refractivity contribution in [1.29, 1.82) is 4.78 Å². The lowest BCUT2D eigenvalue weighted by Crippen LogP contribution is -2.41. The van der Waals surface area contributed by atoms with E-state index in [4.69, 9.17) is 19.1 Å². The molecule has 18 heteroatoms. The van der Waals surface area contributed by atoms with Crippen molar-refractivity contribution in [2.75, 3.05) is 44.0 Å². The fourth-order valence-corrected chi connectivity index (χ4v) is 9.75. The Morgan fingerprint density at radius 2 is 1.62 bits per heavy atom. The highest BCUT2D eigenvalue weighted by molar-refractivity contribution is 7.91. The molecule has 0 unspecified atom stereocenters. The van der Waals surface area contributed by atoms with Gasteiger partial charge in [-0.1, -0.05) is 5.16 Å². The summed E-state index contributed by atoms with van der Waals surface area (Å²) >= 11 is 0. The molecule has 2 N–H and O–H groups in total. The maximum atomic E-state index is 15.3. The number of carbonyl (C=O) groups is 1. The van der Waals surface area contributed by atoms with E-state index in [-0.39, 0.29) is 11.7 Å². The molecule has 0 radical (unpaired) electrons. The highest BCUT2D eigenvalue weighted by Crippen LogP contribution is 2.51. The summed E-state index contributed by atoms with van der Waals surface area (Å²) in [4.78, 5) is 49.2. The van der Waals surface area contributed by atoms with Crippen LogP contribution in [0, 0.1) is 24.4 Å². The number of nitrogens with one attached hydrogen (secondary N) is 2. The Balaban J connectivity index is 1.11. The summed E-state index contributed by atoms with van der Waals surface area (Å²) in [6, 6.07) is 17.3. The number of morpholine rings is 1. The Kier molecular flexibility index (Phi) is 8.88. The average molecular weight is 847 g/mol. The Bertz CT molecular complexity index is 3120. The molecule has 4 aromatic heterocycles. The maximum Gasteiger partial charge on any atom is 0.438 e. The van der Waals surface area contributed by atoms with E-state index in [1.165, 1.54) is 15.4 Å². The lowest BCUT2D eigenvalue weighted by molar-refractivity contribution is 0.0664. The number of carbonyl (C=O) groups excluding carboxylic acids is 1. The van der Waals surface area contributed by atoms with Crippen LogP contribution in [-0.2, 0) is 26.4 Å². The van der Waals surface area contributed by atoms with Crippen molar-refractivity contribution >= 4 is 32.2 Å². The summed E-state index contributed by atoms with van der Waals surface area (Å²) in [6.45, 7) is 8.34. The van der Waals surface area contributed by atoms with E-state index in [0.717, 1.165) is 29.7 Å². The summed E-state index contributed by atoms with van der Waals surface area (Å²) in [6.07, 6.45) is 6.22. The molecule has 2 fully saturated rings. The van der Waals surface area contributed by atoms with Gasteiger partial charge in [0.05, 0.1) is 46.1 Å². The molecule has 61 heavy (non-hydrogen) atoms. The zero-order valence-electron chi connectivity index (χ0n) is 34.0. The molecule has 1 amide bonds. The first-order valence-electron chi connectivity index (χ1n) is 20.1. The number of aryl methyl sites for hydroxylation is 2. The lowest BCUT2D eigenvalue weighted by atomic mass is 9.98. The van der Waals surface area contributed by atoms with Crippen molar-refractivity contribution in [1.82, 2.24) is 38.5 Å². The fraction of sp³-hybridized carbons (Fsp3) is 0.326. The number of amides is 1. The Morgan fingerprint density at radius 1 is 0.934 bits per heavy atom. The van der Waals surface area contributed by atoms with E-state index < -0.39 is 32.8 Å². The van der Waals surface area contributed by atoms with Crippen LogP contribution in [0.15, 0.2) is 92.1 Å². The Morgan fingerprint density at radius 3 is 2.28 bits per heavy atom. The molecule has 6 heterocycles. The number of nitrogens with zero attached hydrogens (tertiary/aromatic N) is 8. The van der Waals surface area contributed by atoms with Crippen LogP contribution in [0.4, 0.5) is 10.1 Å². The number of hydrogen-bond donors (Lipinski definition) is 2. The van der Waals surface area contributed by atoms with Crippen molar-refractivity contribution in [2.24, 2.45) is 0 Å². The molecule has 0 spiro atoms. The predicted molar refractivity (Wildman–Crippen MR) is 225 cm³/mol. The van der Waals surface area contributed by atoms with Gasteiger partial charge in [0.1, 0.15) is 22.9 Å². The third-order valence-electron chi connectivity index (χ3n) is 12.4. The van der Waals surface area contributed by atoms with Gasteiger partial charge in [0.25, 0.3) is 5.91 Å². The van der Waals surface area contributed by atoms with Gasteiger partial charge in [-0.05, 0) is 105 Å². The van der Waals surface area contributed by atoms with Gasteiger partial charge in [0, 0.05) is 71.8 Å². The number of anilines is 1. The second kappa shape index (κ2) is 14.0. The monoisotopic (exact) mass is 846 g/mol. The van der Waals surface area contributed by atoms with E-state index in [1.807, 2.05) is 29.7 Å². The third kappa shape index (κ3) is 6.26. The summed E-state index contributed by atoms with van der Waals surface area (Å²) in [7, 11) is -2.96. The highest BCUT2D eigenvalue weighted by Gasteiger charge is 2.52. The first kappa shape index (κ1) is 38.7. The molecular weight excluding hydrogens is 804 g/mol. The van der Waals surface area contributed by atoms with Crippen LogP contribution in [0.1, 0.15) is 64.5 Å². The number of fused-ring (bicyclic) bond motifs is 2. The third-order valence-corrected chi connectivity index (χ3v) is 13.5. The van der Waals surface area contributed by atoms with E-state index in [0.29, 0.717) is 95.0 Å². The summed E-state index contributed by atoms with van der Waals surface area (Å²) in [5.41, 5.74) is 4.24. The Hall–Kier alpha value is -6.53. The normalized spacial score (nSPS) is 18.3.